The molecule has 4 fully saturated rings. The zero-order valence-corrected chi connectivity index (χ0v) is 15.1. The number of non-ortho nitro benzene ring substituents is 1. The van der Waals surface area contributed by atoms with Crippen LogP contribution in [0.5, 0.6) is 0 Å². The van der Waals surface area contributed by atoms with Gasteiger partial charge in [0, 0.05) is 24.1 Å². The average Bonchev–Trinajstić information content (AvgIpc) is 2.58. The second kappa shape index (κ2) is 6.49. The van der Waals surface area contributed by atoms with Crippen LogP contribution in [-0.4, -0.2) is 16.5 Å². The van der Waals surface area contributed by atoms with Gasteiger partial charge in [0.15, 0.2) is 0 Å². The van der Waals surface area contributed by atoms with Gasteiger partial charge >= 0.3 is 0 Å². The van der Waals surface area contributed by atoms with E-state index in [1.54, 1.807) is 19.1 Å². The summed E-state index contributed by atoms with van der Waals surface area (Å²) in [6, 6.07) is 6.31. The molecule has 0 unspecified atom stereocenters. The lowest BCUT2D eigenvalue weighted by atomic mass is 9.49. The number of benzene rings is 1. The van der Waals surface area contributed by atoms with E-state index >= 15 is 0 Å². The van der Waals surface area contributed by atoms with Crippen molar-refractivity contribution in [2.45, 2.75) is 51.9 Å². The van der Waals surface area contributed by atoms with Gasteiger partial charge in [0.1, 0.15) is 0 Å². The Kier molecular flexibility index (Phi) is 4.29. The lowest BCUT2D eigenvalue weighted by Crippen LogP contribution is -2.47. The minimum atomic E-state index is -0.428. The van der Waals surface area contributed by atoms with Crippen LogP contribution < -0.4 is 5.43 Å². The lowest BCUT2D eigenvalue weighted by molar-refractivity contribution is -0.384. The van der Waals surface area contributed by atoms with E-state index in [1.165, 1.54) is 50.7 Å². The Balaban J connectivity index is 1.40. The van der Waals surface area contributed by atoms with E-state index in [9.17, 15) is 14.9 Å². The lowest BCUT2D eigenvalue weighted by Gasteiger charge is -2.56. The number of hydrogen-bond donors (Lipinski definition) is 1. The van der Waals surface area contributed by atoms with Gasteiger partial charge in [0.05, 0.1) is 10.6 Å². The Bertz CT molecular complexity index is 736. The molecule has 5 rings (SSSR count). The molecule has 138 valence electrons. The van der Waals surface area contributed by atoms with Gasteiger partial charge in [-0.05, 0) is 68.6 Å². The second-order valence-electron chi connectivity index (χ2n) is 8.63. The topological polar surface area (TPSA) is 84.6 Å². The molecule has 0 aromatic heterocycles. The molecule has 4 aliphatic carbocycles. The summed E-state index contributed by atoms with van der Waals surface area (Å²) in [5.74, 6) is 2.44. The van der Waals surface area contributed by atoms with Crippen molar-refractivity contribution in [2.24, 2.45) is 28.3 Å². The summed E-state index contributed by atoms with van der Waals surface area (Å²) in [4.78, 5) is 23.0. The maximum absolute atomic E-state index is 12.5. The van der Waals surface area contributed by atoms with Crippen LogP contribution in [0.25, 0.3) is 0 Å². The normalized spacial score (nSPS) is 32.5. The first-order valence-corrected chi connectivity index (χ1v) is 9.50. The fourth-order valence-corrected chi connectivity index (χ4v) is 5.94. The van der Waals surface area contributed by atoms with Crippen molar-refractivity contribution in [1.29, 1.82) is 0 Å². The van der Waals surface area contributed by atoms with Crippen molar-refractivity contribution in [3.05, 3.63) is 39.9 Å². The molecule has 26 heavy (non-hydrogen) atoms. The minimum absolute atomic E-state index is 0.0249. The fraction of sp³-hybridized carbons (Fsp3) is 0.600. The van der Waals surface area contributed by atoms with Gasteiger partial charge in [-0.2, -0.15) is 5.10 Å². The molecule has 4 bridgehead atoms. The van der Waals surface area contributed by atoms with Gasteiger partial charge in [-0.25, -0.2) is 5.43 Å². The minimum Gasteiger partial charge on any atom is -0.273 e. The maximum Gasteiger partial charge on any atom is 0.270 e. The van der Waals surface area contributed by atoms with Crippen molar-refractivity contribution in [3.63, 3.8) is 0 Å². The highest BCUT2D eigenvalue weighted by molar-refractivity contribution is 5.99. The number of carbonyl (C=O) groups excluding carboxylic acids is 1. The quantitative estimate of drug-likeness (QED) is 0.491. The summed E-state index contributed by atoms with van der Waals surface area (Å²) in [6.07, 6.45) is 8.24. The number of nitrogens with zero attached hydrogens (tertiary/aromatic N) is 2. The average molecular weight is 355 g/mol. The highest BCUT2D eigenvalue weighted by Gasteiger charge is 2.51. The van der Waals surface area contributed by atoms with Crippen molar-refractivity contribution in [1.82, 2.24) is 5.43 Å². The van der Waals surface area contributed by atoms with Gasteiger partial charge in [-0.1, -0.05) is 12.1 Å². The number of rotatable bonds is 5. The number of amides is 1. The molecule has 4 saturated carbocycles. The van der Waals surface area contributed by atoms with Crippen molar-refractivity contribution in [3.8, 4) is 0 Å². The molecule has 6 nitrogen and oxygen atoms in total. The highest BCUT2D eigenvalue weighted by Crippen LogP contribution is 2.61. The Labute approximate surface area is 153 Å². The van der Waals surface area contributed by atoms with Crippen LogP contribution in [0, 0.1) is 33.3 Å². The molecule has 4 aliphatic rings. The van der Waals surface area contributed by atoms with E-state index < -0.39 is 4.92 Å². The predicted octanol–water partition coefficient (Wildman–Crippen LogP) is 4.04. The molecule has 0 atom stereocenters. The molecule has 6 heteroatoms. The molecule has 0 heterocycles. The SMILES string of the molecule is C/C(=N/NC(=O)CC12CC3CC(CC(C3)C1)C2)c1cccc([N+](=O)[O-])c1. The number of carbonyl (C=O) groups is 1. The summed E-state index contributed by atoms with van der Waals surface area (Å²) in [5.41, 5.74) is 4.12. The van der Waals surface area contributed by atoms with Crippen molar-refractivity contribution in [2.75, 3.05) is 0 Å². The Morgan fingerprint density at radius 2 is 1.85 bits per heavy atom. The molecule has 1 aromatic rings. The van der Waals surface area contributed by atoms with E-state index in [-0.39, 0.29) is 17.0 Å². The van der Waals surface area contributed by atoms with Crippen LogP contribution in [-0.2, 0) is 4.79 Å². The Morgan fingerprint density at radius 3 is 2.42 bits per heavy atom. The van der Waals surface area contributed by atoms with E-state index in [0.717, 1.165) is 17.8 Å². The number of hydrogen-bond acceptors (Lipinski definition) is 4. The summed E-state index contributed by atoms with van der Waals surface area (Å²) in [6.45, 7) is 1.75. The van der Waals surface area contributed by atoms with Crippen LogP contribution in [0.2, 0.25) is 0 Å². The van der Waals surface area contributed by atoms with Crippen LogP contribution in [0.4, 0.5) is 5.69 Å². The zero-order valence-electron chi connectivity index (χ0n) is 15.1. The van der Waals surface area contributed by atoms with Crippen LogP contribution in [0.3, 0.4) is 0 Å². The fourth-order valence-electron chi connectivity index (χ4n) is 5.94. The summed E-state index contributed by atoms with van der Waals surface area (Å²) in [5, 5.41) is 15.1. The van der Waals surface area contributed by atoms with Crippen LogP contribution >= 0.6 is 0 Å². The number of nitrogens with one attached hydrogen (secondary N) is 1. The Morgan fingerprint density at radius 1 is 1.23 bits per heavy atom. The molecule has 0 spiro atoms. The third-order valence-electron chi connectivity index (χ3n) is 6.52. The largest absolute Gasteiger partial charge is 0.273 e. The van der Waals surface area contributed by atoms with E-state index in [2.05, 4.69) is 10.5 Å². The third-order valence-corrected chi connectivity index (χ3v) is 6.52. The highest BCUT2D eigenvalue weighted by atomic mass is 16.6. The second-order valence-corrected chi connectivity index (χ2v) is 8.63. The summed E-state index contributed by atoms with van der Waals surface area (Å²) < 4.78 is 0. The third kappa shape index (κ3) is 3.37. The van der Waals surface area contributed by atoms with Crippen LogP contribution in [0.1, 0.15) is 57.4 Å². The maximum atomic E-state index is 12.5. The molecule has 1 aromatic carbocycles. The van der Waals surface area contributed by atoms with E-state index in [1.807, 2.05) is 0 Å². The number of nitro benzene ring substituents is 1. The first-order chi connectivity index (χ1) is 12.4. The molecule has 0 saturated heterocycles. The molecular weight excluding hydrogens is 330 g/mol. The summed E-state index contributed by atoms with van der Waals surface area (Å²) >= 11 is 0. The van der Waals surface area contributed by atoms with Crippen molar-refractivity contribution < 1.29 is 9.72 Å². The van der Waals surface area contributed by atoms with Gasteiger partial charge in [-0.3, -0.25) is 14.9 Å². The molecule has 1 N–H and O–H groups in total. The molecule has 0 aliphatic heterocycles. The zero-order chi connectivity index (χ0) is 18.3. The monoisotopic (exact) mass is 355 g/mol. The molecule has 1 amide bonds. The molecular formula is C20H25N3O3. The first-order valence-electron chi connectivity index (χ1n) is 9.50. The van der Waals surface area contributed by atoms with Gasteiger partial charge in [0.2, 0.25) is 5.91 Å². The summed E-state index contributed by atoms with van der Waals surface area (Å²) in [7, 11) is 0. The van der Waals surface area contributed by atoms with Gasteiger partial charge in [0.25, 0.3) is 5.69 Å². The smallest absolute Gasteiger partial charge is 0.270 e. The van der Waals surface area contributed by atoms with E-state index in [0.29, 0.717) is 17.7 Å². The van der Waals surface area contributed by atoms with Gasteiger partial charge < -0.3 is 0 Å². The number of hydrazone groups is 1. The first kappa shape index (κ1) is 17.2. The van der Waals surface area contributed by atoms with Gasteiger partial charge in [-0.15, -0.1) is 0 Å². The van der Waals surface area contributed by atoms with Crippen molar-refractivity contribution >= 4 is 17.3 Å². The van der Waals surface area contributed by atoms with Crippen LogP contribution in [0.15, 0.2) is 29.4 Å². The predicted molar refractivity (Wildman–Crippen MR) is 98.7 cm³/mol. The number of nitro groups is 1. The van der Waals surface area contributed by atoms with E-state index in [4.69, 9.17) is 0 Å². The molecule has 0 radical (unpaired) electrons. The standard InChI is InChI=1S/C20H25N3O3/c1-13(17-3-2-4-18(8-17)23(25)26)21-22-19(24)12-20-9-14-5-15(10-20)7-16(6-14)11-20/h2-4,8,14-16H,5-7,9-12H2,1H3,(H,22,24)/b21-13-. The Hall–Kier alpha value is -2.24.